The SMILES string of the molecule is CCCC/C=C\COC(=O)/C=C\C(=O)O. The number of carbonyl (C=O) groups excluding carboxylic acids is 1. The number of ether oxygens (including phenoxy) is 1. The van der Waals surface area contributed by atoms with Gasteiger partial charge in [-0.25, -0.2) is 9.59 Å². The highest BCUT2D eigenvalue weighted by Crippen LogP contribution is 1.94. The molecule has 0 aliphatic carbocycles. The van der Waals surface area contributed by atoms with E-state index in [2.05, 4.69) is 6.92 Å². The second kappa shape index (κ2) is 8.99. The first-order valence-corrected chi connectivity index (χ1v) is 4.89. The van der Waals surface area contributed by atoms with E-state index in [1.54, 1.807) is 6.08 Å². The van der Waals surface area contributed by atoms with Crippen LogP contribution in [0.15, 0.2) is 24.3 Å². The zero-order valence-electron chi connectivity index (χ0n) is 8.81. The molecule has 0 fully saturated rings. The lowest BCUT2D eigenvalue weighted by Gasteiger charge is -1.95. The van der Waals surface area contributed by atoms with Crippen molar-refractivity contribution in [3.8, 4) is 0 Å². The first-order chi connectivity index (χ1) is 7.16. The molecule has 0 aromatic carbocycles. The topological polar surface area (TPSA) is 63.6 Å². The predicted octanol–water partition coefficient (Wildman–Crippen LogP) is 1.92. The van der Waals surface area contributed by atoms with Gasteiger partial charge in [-0.1, -0.05) is 31.9 Å². The van der Waals surface area contributed by atoms with Crippen LogP contribution in [0, 0.1) is 0 Å². The minimum absolute atomic E-state index is 0.187. The Morgan fingerprint density at radius 3 is 2.60 bits per heavy atom. The summed E-state index contributed by atoms with van der Waals surface area (Å²) in [6, 6.07) is 0. The average molecular weight is 212 g/mol. The summed E-state index contributed by atoms with van der Waals surface area (Å²) in [5.41, 5.74) is 0. The molecular formula is C11H16O4. The standard InChI is InChI=1S/C11H16O4/c1-2-3-4-5-6-9-15-11(14)8-7-10(12)13/h5-8H,2-4,9H2,1H3,(H,12,13)/b6-5-,8-7-. The van der Waals surface area contributed by atoms with Gasteiger partial charge in [0, 0.05) is 12.2 Å². The first kappa shape index (κ1) is 13.4. The van der Waals surface area contributed by atoms with Crippen molar-refractivity contribution in [2.45, 2.75) is 26.2 Å². The molecule has 0 aliphatic rings. The number of hydrogen-bond donors (Lipinski definition) is 1. The Kier molecular flexibility index (Phi) is 8.05. The third kappa shape index (κ3) is 10.3. The van der Waals surface area contributed by atoms with Gasteiger partial charge >= 0.3 is 11.9 Å². The lowest BCUT2D eigenvalue weighted by atomic mass is 10.2. The van der Waals surface area contributed by atoms with Crippen LogP contribution >= 0.6 is 0 Å². The highest BCUT2D eigenvalue weighted by Gasteiger charge is 1.95. The highest BCUT2D eigenvalue weighted by molar-refractivity contribution is 5.90. The van der Waals surface area contributed by atoms with Crippen molar-refractivity contribution < 1.29 is 19.4 Å². The molecular weight excluding hydrogens is 196 g/mol. The van der Waals surface area contributed by atoms with Crippen molar-refractivity contribution in [3.05, 3.63) is 24.3 Å². The monoisotopic (exact) mass is 212 g/mol. The number of rotatable bonds is 7. The molecule has 4 nitrogen and oxygen atoms in total. The quantitative estimate of drug-likeness (QED) is 0.303. The second-order valence-corrected chi connectivity index (χ2v) is 2.92. The molecule has 0 rings (SSSR count). The van der Waals surface area contributed by atoms with E-state index < -0.39 is 11.9 Å². The van der Waals surface area contributed by atoms with Gasteiger partial charge in [0.25, 0.3) is 0 Å². The fraction of sp³-hybridized carbons (Fsp3) is 0.455. The predicted molar refractivity (Wildman–Crippen MR) is 56.4 cm³/mol. The fourth-order valence-electron chi connectivity index (χ4n) is 0.826. The lowest BCUT2D eigenvalue weighted by molar-refractivity contribution is -0.137. The number of unbranched alkanes of at least 4 members (excludes halogenated alkanes) is 2. The summed E-state index contributed by atoms with van der Waals surface area (Å²) in [5, 5.41) is 8.22. The third-order valence-electron chi connectivity index (χ3n) is 1.57. The maximum atomic E-state index is 10.8. The van der Waals surface area contributed by atoms with Gasteiger partial charge in [-0.3, -0.25) is 0 Å². The summed E-state index contributed by atoms with van der Waals surface area (Å²) in [6.45, 7) is 2.29. The van der Waals surface area contributed by atoms with Gasteiger partial charge in [0.05, 0.1) is 0 Å². The van der Waals surface area contributed by atoms with Crippen LogP contribution in [-0.2, 0) is 14.3 Å². The van der Waals surface area contributed by atoms with E-state index in [0.29, 0.717) is 0 Å². The van der Waals surface area contributed by atoms with E-state index in [1.165, 1.54) is 0 Å². The van der Waals surface area contributed by atoms with E-state index in [1.807, 2.05) is 6.08 Å². The Morgan fingerprint density at radius 2 is 2.00 bits per heavy atom. The van der Waals surface area contributed by atoms with Gasteiger partial charge in [-0.15, -0.1) is 0 Å². The van der Waals surface area contributed by atoms with E-state index >= 15 is 0 Å². The van der Waals surface area contributed by atoms with Gasteiger partial charge in [0.2, 0.25) is 0 Å². The molecule has 15 heavy (non-hydrogen) atoms. The van der Waals surface area contributed by atoms with Gasteiger partial charge < -0.3 is 9.84 Å². The smallest absolute Gasteiger partial charge is 0.331 e. The van der Waals surface area contributed by atoms with E-state index in [0.717, 1.165) is 31.4 Å². The summed E-state index contributed by atoms with van der Waals surface area (Å²) in [6.07, 6.45) is 8.55. The van der Waals surface area contributed by atoms with Crippen molar-refractivity contribution >= 4 is 11.9 Å². The summed E-state index contributed by atoms with van der Waals surface area (Å²) in [7, 11) is 0. The Bertz CT molecular complexity index is 253. The summed E-state index contributed by atoms with van der Waals surface area (Å²) < 4.78 is 4.70. The number of carboxylic acid groups (broad SMARTS) is 1. The molecule has 0 aliphatic heterocycles. The molecule has 0 heterocycles. The van der Waals surface area contributed by atoms with Gasteiger partial charge in [0.1, 0.15) is 6.61 Å². The van der Waals surface area contributed by atoms with Crippen LogP contribution in [0.1, 0.15) is 26.2 Å². The summed E-state index contributed by atoms with van der Waals surface area (Å²) >= 11 is 0. The van der Waals surface area contributed by atoms with Gasteiger partial charge in [-0.2, -0.15) is 0 Å². The molecule has 4 heteroatoms. The molecule has 0 saturated carbocycles. The maximum absolute atomic E-state index is 10.8. The zero-order valence-corrected chi connectivity index (χ0v) is 8.81. The third-order valence-corrected chi connectivity index (χ3v) is 1.57. The van der Waals surface area contributed by atoms with Gasteiger partial charge in [0.15, 0.2) is 0 Å². The minimum atomic E-state index is -1.16. The Labute approximate surface area is 89.2 Å². The van der Waals surface area contributed by atoms with Crippen LogP contribution < -0.4 is 0 Å². The van der Waals surface area contributed by atoms with Crippen LogP contribution in [0.5, 0.6) is 0 Å². The second-order valence-electron chi connectivity index (χ2n) is 2.92. The fourth-order valence-corrected chi connectivity index (χ4v) is 0.826. The molecule has 0 atom stereocenters. The minimum Gasteiger partial charge on any atom is -0.478 e. The molecule has 0 unspecified atom stereocenters. The maximum Gasteiger partial charge on any atom is 0.331 e. The number of carbonyl (C=O) groups is 2. The normalized spacial score (nSPS) is 11.0. The highest BCUT2D eigenvalue weighted by atomic mass is 16.5. The Balaban J connectivity index is 3.55. The molecule has 0 aromatic heterocycles. The van der Waals surface area contributed by atoms with Crippen LogP contribution in [0.4, 0.5) is 0 Å². The number of allylic oxidation sites excluding steroid dienone is 1. The number of hydrogen-bond acceptors (Lipinski definition) is 3. The molecule has 0 radical (unpaired) electrons. The van der Waals surface area contributed by atoms with E-state index in [-0.39, 0.29) is 6.61 Å². The van der Waals surface area contributed by atoms with Crippen LogP contribution in [0.2, 0.25) is 0 Å². The number of esters is 1. The Hall–Kier alpha value is -1.58. The largest absolute Gasteiger partial charge is 0.478 e. The summed E-state index contributed by atoms with van der Waals surface area (Å²) in [4.78, 5) is 20.9. The molecule has 0 spiro atoms. The van der Waals surface area contributed by atoms with Crippen molar-refractivity contribution in [1.82, 2.24) is 0 Å². The van der Waals surface area contributed by atoms with E-state index in [9.17, 15) is 9.59 Å². The van der Waals surface area contributed by atoms with Crippen molar-refractivity contribution in [3.63, 3.8) is 0 Å². The number of carboxylic acids is 1. The molecule has 1 N–H and O–H groups in total. The van der Waals surface area contributed by atoms with Gasteiger partial charge in [-0.05, 0) is 6.42 Å². The van der Waals surface area contributed by atoms with Crippen LogP contribution in [0.25, 0.3) is 0 Å². The molecule has 0 aromatic rings. The Morgan fingerprint density at radius 1 is 1.27 bits per heavy atom. The average Bonchev–Trinajstić information content (AvgIpc) is 2.20. The van der Waals surface area contributed by atoms with Crippen molar-refractivity contribution in [1.29, 1.82) is 0 Å². The molecule has 0 bridgehead atoms. The summed E-state index contributed by atoms with van der Waals surface area (Å²) in [5.74, 6) is -1.80. The number of aliphatic carboxylic acids is 1. The lowest BCUT2D eigenvalue weighted by Crippen LogP contribution is -2.01. The van der Waals surface area contributed by atoms with Crippen molar-refractivity contribution in [2.24, 2.45) is 0 Å². The van der Waals surface area contributed by atoms with Crippen molar-refractivity contribution in [2.75, 3.05) is 6.61 Å². The first-order valence-electron chi connectivity index (χ1n) is 4.89. The molecule has 84 valence electrons. The van der Waals surface area contributed by atoms with Crippen LogP contribution in [0.3, 0.4) is 0 Å². The van der Waals surface area contributed by atoms with Crippen LogP contribution in [-0.4, -0.2) is 23.7 Å². The zero-order chi connectivity index (χ0) is 11.5. The molecule has 0 saturated heterocycles. The van der Waals surface area contributed by atoms with E-state index in [4.69, 9.17) is 9.84 Å². The molecule has 0 amide bonds.